The SMILES string of the molecule is C[C@@H](O)c1ccc(N(C)C2CCSC2)cc1Br. The number of benzene rings is 1. The van der Waals surface area contributed by atoms with Crippen LogP contribution in [0.4, 0.5) is 5.69 Å². The Morgan fingerprint density at radius 2 is 2.29 bits per heavy atom. The molecule has 1 fully saturated rings. The Balaban J connectivity index is 2.18. The molecule has 0 amide bonds. The summed E-state index contributed by atoms with van der Waals surface area (Å²) in [5.41, 5.74) is 2.16. The minimum Gasteiger partial charge on any atom is -0.389 e. The molecule has 2 nitrogen and oxygen atoms in total. The molecule has 17 heavy (non-hydrogen) atoms. The number of aliphatic hydroxyl groups excluding tert-OH is 1. The summed E-state index contributed by atoms with van der Waals surface area (Å²) in [5.74, 6) is 2.48. The van der Waals surface area contributed by atoms with E-state index in [4.69, 9.17) is 0 Å². The smallest absolute Gasteiger partial charge is 0.0772 e. The fraction of sp³-hybridized carbons (Fsp3) is 0.538. The van der Waals surface area contributed by atoms with Crippen LogP contribution in [0.15, 0.2) is 22.7 Å². The molecule has 1 heterocycles. The molecule has 0 bridgehead atoms. The molecule has 4 heteroatoms. The molecule has 2 atom stereocenters. The van der Waals surface area contributed by atoms with E-state index in [0.717, 1.165) is 10.0 Å². The Hall–Kier alpha value is -0.190. The molecule has 1 aromatic rings. The van der Waals surface area contributed by atoms with Crippen molar-refractivity contribution in [1.82, 2.24) is 0 Å². The van der Waals surface area contributed by atoms with E-state index in [1.165, 1.54) is 23.6 Å². The lowest BCUT2D eigenvalue weighted by Crippen LogP contribution is -2.31. The summed E-state index contributed by atoms with van der Waals surface area (Å²) in [6.07, 6.45) is 0.836. The molecule has 1 aliphatic rings. The maximum absolute atomic E-state index is 9.60. The van der Waals surface area contributed by atoms with E-state index in [0.29, 0.717) is 6.04 Å². The summed E-state index contributed by atoms with van der Waals surface area (Å²) in [7, 11) is 2.15. The molecule has 0 saturated carbocycles. The Bertz CT molecular complexity index is 391. The normalized spacial score (nSPS) is 21.5. The Morgan fingerprint density at radius 3 is 2.82 bits per heavy atom. The van der Waals surface area contributed by atoms with Crippen LogP contribution in [-0.4, -0.2) is 29.7 Å². The predicted octanol–water partition coefficient (Wildman–Crippen LogP) is 3.44. The van der Waals surface area contributed by atoms with E-state index in [1.807, 2.05) is 17.8 Å². The average Bonchev–Trinajstić information content (AvgIpc) is 2.80. The van der Waals surface area contributed by atoms with Crippen LogP contribution in [0.25, 0.3) is 0 Å². The standard InChI is InChI=1S/C13H18BrNOS/c1-9(16)12-4-3-10(7-13(12)14)15(2)11-5-6-17-8-11/h3-4,7,9,11,16H,5-6,8H2,1-2H3/t9-,11?/m1/s1. The number of thioether (sulfide) groups is 1. The van der Waals surface area contributed by atoms with Crippen molar-refractivity contribution in [3.63, 3.8) is 0 Å². The van der Waals surface area contributed by atoms with Gasteiger partial charge in [0.1, 0.15) is 0 Å². The first kappa shape index (κ1) is 13.2. The van der Waals surface area contributed by atoms with Gasteiger partial charge in [0.15, 0.2) is 0 Å². The third kappa shape index (κ3) is 2.98. The Kier molecular flexibility index (Phi) is 4.39. The Morgan fingerprint density at radius 1 is 1.53 bits per heavy atom. The zero-order valence-corrected chi connectivity index (χ0v) is 12.6. The van der Waals surface area contributed by atoms with Gasteiger partial charge in [-0.25, -0.2) is 0 Å². The maximum Gasteiger partial charge on any atom is 0.0772 e. The van der Waals surface area contributed by atoms with Gasteiger partial charge in [-0.3, -0.25) is 0 Å². The van der Waals surface area contributed by atoms with E-state index in [-0.39, 0.29) is 0 Å². The van der Waals surface area contributed by atoms with Gasteiger partial charge >= 0.3 is 0 Å². The molecule has 1 unspecified atom stereocenters. The van der Waals surface area contributed by atoms with E-state index >= 15 is 0 Å². The first-order chi connectivity index (χ1) is 8.09. The molecule has 2 rings (SSSR count). The average molecular weight is 316 g/mol. The highest BCUT2D eigenvalue weighted by Crippen LogP contribution is 2.31. The summed E-state index contributed by atoms with van der Waals surface area (Å²) in [6.45, 7) is 1.79. The number of anilines is 1. The summed E-state index contributed by atoms with van der Waals surface area (Å²) >= 11 is 5.56. The summed E-state index contributed by atoms with van der Waals surface area (Å²) in [6, 6.07) is 6.84. The third-order valence-corrected chi connectivity index (χ3v) is 5.13. The first-order valence-corrected chi connectivity index (χ1v) is 7.82. The van der Waals surface area contributed by atoms with Crippen LogP contribution in [0.3, 0.4) is 0 Å². The topological polar surface area (TPSA) is 23.5 Å². The molecule has 0 spiro atoms. The number of rotatable bonds is 3. The van der Waals surface area contributed by atoms with Crippen molar-refractivity contribution in [3.05, 3.63) is 28.2 Å². The predicted molar refractivity (Wildman–Crippen MR) is 78.9 cm³/mol. The quantitative estimate of drug-likeness (QED) is 0.924. The van der Waals surface area contributed by atoms with Crippen LogP contribution in [0, 0.1) is 0 Å². The van der Waals surface area contributed by atoms with Gasteiger partial charge in [-0.15, -0.1) is 0 Å². The van der Waals surface area contributed by atoms with Crippen LogP contribution >= 0.6 is 27.7 Å². The third-order valence-electron chi connectivity index (χ3n) is 3.29. The summed E-state index contributed by atoms with van der Waals surface area (Å²) in [5, 5.41) is 9.60. The van der Waals surface area contributed by atoms with Gasteiger partial charge in [0.25, 0.3) is 0 Å². The van der Waals surface area contributed by atoms with Crippen LogP contribution in [0.5, 0.6) is 0 Å². The molecule has 1 aromatic carbocycles. The summed E-state index contributed by atoms with van der Waals surface area (Å²) < 4.78 is 0.988. The fourth-order valence-corrected chi connectivity index (χ4v) is 4.08. The molecule has 1 saturated heterocycles. The molecule has 94 valence electrons. The van der Waals surface area contributed by atoms with Gasteiger partial charge in [-0.2, -0.15) is 11.8 Å². The van der Waals surface area contributed by atoms with E-state index in [1.54, 1.807) is 6.92 Å². The van der Waals surface area contributed by atoms with E-state index < -0.39 is 6.10 Å². The van der Waals surface area contributed by atoms with Gasteiger partial charge in [0.2, 0.25) is 0 Å². The highest BCUT2D eigenvalue weighted by molar-refractivity contribution is 9.10. The number of hydrogen-bond acceptors (Lipinski definition) is 3. The minimum atomic E-state index is -0.425. The zero-order chi connectivity index (χ0) is 12.4. The Labute approximate surface area is 116 Å². The van der Waals surface area contributed by atoms with Crippen molar-refractivity contribution in [2.45, 2.75) is 25.5 Å². The molecule has 0 radical (unpaired) electrons. The lowest BCUT2D eigenvalue weighted by Gasteiger charge is -2.26. The van der Waals surface area contributed by atoms with Crippen LogP contribution in [-0.2, 0) is 0 Å². The van der Waals surface area contributed by atoms with Gasteiger partial charge in [0.05, 0.1) is 6.10 Å². The van der Waals surface area contributed by atoms with Crippen molar-refractivity contribution in [1.29, 1.82) is 0 Å². The van der Waals surface area contributed by atoms with Crippen molar-refractivity contribution in [3.8, 4) is 0 Å². The fourth-order valence-electron chi connectivity index (χ4n) is 2.11. The second-order valence-corrected chi connectivity index (χ2v) is 6.51. The van der Waals surface area contributed by atoms with Gasteiger partial charge in [-0.1, -0.05) is 22.0 Å². The highest BCUT2D eigenvalue weighted by atomic mass is 79.9. The van der Waals surface area contributed by atoms with Gasteiger partial charge in [-0.05, 0) is 36.8 Å². The van der Waals surface area contributed by atoms with Crippen molar-refractivity contribution in [2.24, 2.45) is 0 Å². The van der Waals surface area contributed by atoms with Crippen molar-refractivity contribution >= 4 is 33.4 Å². The lowest BCUT2D eigenvalue weighted by atomic mass is 10.1. The van der Waals surface area contributed by atoms with E-state index in [2.05, 4.69) is 40.0 Å². The molecule has 1 N–H and O–H groups in total. The highest BCUT2D eigenvalue weighted by Gasteiger charge is 2.20. The molecule has 0 aliphatic carbocycles. The number of nitrogens with zero attached hydrogens (tertiary/aromatic N) is 1. The lowest BCUT2D eigenvalue weighted by molar-refractivity contribution is 0.198. The largest absolute Gasteiger partial charge is 0.389 e. The van der Waals surface area contributed by atoms with Crippen molar-refractivity contribution in [2.75, 3.05) is 23.5 Å². The van der Waals surface area contributed by atoms with Gasteiger partial charge in [0, 0.05) is 29.0 Å². The molecule has 0 aromatic heterocycles. The second-order valence-electron chi connectivity index (χ2n) is 4.51. The van der Waals surface area contributed by atoms with Crippen molar-refractivity contribution < 1.29 is 5.11 Å². The van der Waals surface area contributed by atoms with Crippen LogP contribution in [0.2, 0.25) is 0 Å². The molecular weight excluding hydrogens is 298 g/mol. The number of halogens is 1. The van der Waals surface area contributed by atoms with E-state index in [9.17, 15) is 5.11 Å². The zero-order valence-electron chi connectivity index (χ0n) is 10.2. The maximum atomic E-state index is 9.60. The second kappa shape index (κ2) is 5.63. The van der Waals surface area contributed by atoms with Gasteiger partial charge < -0.3 is 10.0 Å². The minimum absolute atomic E-state index is 0.425. The first-order valence-electron chi connectivity index (χ1n) is 5.87. The summed E-state index contributed by atoms with van der Waals surface area (Å²) in [4.78, 5) is 2.34. The molecule has 1 aliphatic heterocycles. The number of hydrogen-bond donors (Lipinski definition) is 1. The number of aliphatic hydroxyl groups is 1. The molecular formula is C13H18BrNOS. The van der Waals surface area contributed by atoms with Crippen LogP contribution < -0.4 is 4.90 Å². The van der Waals surface area contributed by atoms with Crippen LogP contribution in [0.1, 0.15) is 25.0 Å². The monoisotopic (exact) mass is 315 g/mol.